The lowest BCUT2D eigenvalue weighted by Gasteiger charge is -2.09. The van der Waals surface area contributed by atoms with Crippen LogP contribution in [0.4, 0.5) is 0 Å². The van der Waals surface area contributed by atoms with Gasteiger partial charge in [-0.2, -0.15) is 0 Å². The Morgan fingerprint density at radius 3 is 2.85 bits per heavy atom. The molecule has 0 aliphatic carbocycles. The third-order valence-corrected chi connectivity index (χ3v) is 2.97. The summed E-state index contributed by atoms with van der Waals surface area (Å²) >= 11 is 6.08. The number of benzene rings is 1. The maximum atomic E-state index is 8.60. The van der Waals surface area contributed by atoms with Crippen molar-refractivity contribution in [3.05, 3.63) is 58.9 Å². The van der Waals surface area contributed by atoms with Gasteiger partial charge in [0.2, 0.25) is 0 Å². The molecule has 0 aliphatic heterocycles. The highest BCUT2D eigenvalue weighted by Crippen LogP contribution is 2.25. The molecule has 0 bridgehead atoms. The smallest absolute Gasteiger partial charge is 0.170 e. The first-order valence-electron chi connectivity index (χ1n) is 6.01. The lowest BCUT2D eigenvalue weighted by Crippen LogP contribution is -2.13. The van der Waals surface area contributed by atoms with Crippen LogP contribution in [0.15, 0.2) is 47.8 Å². The van der Waals surface area contributed by atoms with Crippen LogP contribution in [0.5, 0.6) is 5.75 Å². The summed E-state index contributed by atoms with van der Waals surface area (Å²) in [6.07, 6.45) is 2.44. The van der Waals surface area contributed by atoms with Crippen LogP contribution in [0.25, 0.3) is 0 Å². The van der Waals surface area contributed by atoms with Crippen LogP contribution < -0.4 is 10.5 Å². The SMILES string of the molecule is NC(=NO)c1ccc(OCCc2ccccn2)c(Cl)c1. The molecule has 0 aliphatic rings. The van der Waals surface area contributed by atoms with Crippen molar-refractivity contribution < 1.29 is 9.94 Å². The number of aromatic nitrogens is 1. The standard InChI is InChI=1S/C14H14ClN3O2/c15-12-9-10(14(16)18-19)4-5-13(12)20-8-6-11-3-1-2-7-17-11/h1-5,7,9,19H,6,8H2,(H2,16,18). The van der Waals surface area contributed by atoms with E-state index in [9.17, 15) is 0 Å². The summed E-state index contributed by atoms with van der Waals surface area (Å²) < 4.78 is 5.59. The van der Waals surface area contributed by atoms with E-state index in [1.54, 1.807) is 24.4 Å². The number of rotatable bonds is 5. The molecule has 0 amide bonds. The number of oxime groups is 1. The lowest BCUT2D eigenvalue weighted by atomic mass is 10.2. The highest BCUT2D eigenvalue weighted by Gasteiger charge is 2.06. The highest BCUT2D eigenvalue weighted by molar-refractivity contribution is 6.32. The summed E-state index contributed by atoms with van der Waals surface area (Å²) in [5, 5.41) is 11.9. The van der Waals surface area contributed by atoms with E-state index >= 15 is 0 Å². The maximum absolute atomic E-state index is 8.60. The molecule has 0 fully saturated rings. The summed E-state index contributed by atoms with van der Waals surface area (Å²) in [6.45, 7) is 0.472. The van der Waals surface area contributed by atoms with E-state index < -0.39 is 0 Å². The van der Waals surface area contributed by atoms with Crippen molar-refractivity contribution in [3.63, 3.8) is 0 Å². The lowest BCUT2D eigenvalue weighted by molar-refractivity contribution is 0.318. The molecule has 0 atom stereocenters. The molecule has 0 saturated heterocycles. The molecule has 0 radical (unpaired) electrons. The van der Waals surface area contributed by atoms with Gasteiger partial charge in [0.1, 0.15) is 5.75 Å². The molecular formula is C14H14ClN3O2. The van der Waals surface area contributed by atoms with Gasteiger partial charge in [-0.05, 0) is 30.3 Å². The molecule has 2 aromatic rings. The molecule has 0 spiro atoms. The summed E-state index contributed by atoms with van der Waals surface area (Å²) in [7, 11) is 0. The Morgan fingerprint density at radius 2 is 2.20 bits per heavy atom. The van der Waals surface area contributed by atoms with Crippen molar-refractivity contribution in [1.82, 2.24) is 4.98 Å². The van der Waals surface area contributed by atoms with Gasteiger partial charge < -0.3 is 15.7 Å². The van der Waals surface area contributed by atoms with Crippen molar-refractivity contribution in [2.45, 2.75) is 6.42 Å². The van der Waals surface area contributed by atoms with E-state index in [2.05, 4.69) is 10.1 Å². The number of hydrogen-bond acceptors (Lipinski definition) is 4. The molecule has 0 unspecified atom stereocenters. The monoisotopic (exact) mass is 291 g/mol. The van der Waals surface area contributed by atoms with Gasteiger partial charge >= 0.3 is 0 Å². The third-order valence-electron chi connectivity index (χ3n) is 2.68. The minimum absolute atomic E-state index is 0.00642. The topological polar surface area (TPSA) is 80.7 Å². The van der Waals surface area contributed by atoms with Gasteiger partial charge in [0.05, 0.1) is 11.6 Å². The predicted octanol–water partition coefficient (Wildman–Crippen LogP) is 2.45. The minimum atomic E-state index is 0.00642. The Labute approximate surface area is 121 Å². The van der Waals surface area contributed by atoms with E-state index in [1.807, 2.05) is 18.2 Å². The molecule has 1 aromatic carbocycles. The Balaban J connectivity index is 1.97. The zero-order chi connectivity index (χ0) is 14.4. The number of halogens is 1. The molecule has 0 saturated carbocycles. The quantitative estimate of drug-likeness (QED) is 0.384. The van der Waals surface area contributed by atoms with Gasteiger partial charge in [-0.1, -0.05) is 22.8 Å². The molecule has 20 heavy (non-hydrogen) atoms. The van der Waals surface area contributed by atoms with Crippen LogP contribution >= 0.6 is 11.6 Å². The van der Waals surface area contributed by atoms with E-state index in [0.29, 0.717) is 29.4 Å². The summed E-state index contributed by atoms with van der Waals surface area (Å²) in [6, 6.07) is 10.7. The minimum Gasteiger partial charge on any atom is -0.492 e. The molecule has 3 N–H and O–H groups in total. The maximum Gasteiger partial charge on any atom is 0.170 e. The van der Waals surface area contributed by atoms with Crippen molar-refractivity contribution >= 4 is 17.4 Å². The Kier molecular flexibility index (Phi) is 4.79. The van der Waals surface area contributed by atoms with Gasteiger partial charge in [0.15, 0.2) is 5.84 Å². The first-order chi connectivity index (χ1) is 9.70. The second kappa shape index (κ2) is 6.77. The number of hydrogen-bond donors (Lipinski definition) is 2. The number of pyridine rings is 1. The van der Waals surface area contributed by atoms with Crippen LogP contribution in [0.1, 0.15) is 11.3 Å². The van der Waals surface area contributed by atoms with Crippen LogP contribution in [0.3, 0.4) is 0 Å². The third kappa shape index (κ3) is 3.61. The summed E-state index contributed by atoms with van der Waals surface area (Å²) in [5.74, 6) is 0.559. The second-order valence-corrected chi connectivity index (χ2v) is 4.46. The van der Waals surface area contributed by atoms with Gasteiger partial charge in [0.25, 0.3) is 0 Å². The molecule has 1 aromatic heterocycles. The van der Waals surface area contributed by atoms with Crippen LogP contribution in [-0.4, -0.2) is 22.6 Å². The fraction of sp³-hybridized carbons (Fsp3) is 0.143. The van der Waals surface area contributed by atoms with E-state index in [1.165, 1.54) is 0 Å². The normalized spacial score (nSPS) is 11.3. The zero-order valence-electron chi connectivity index (χ0n) is 10.7. The first-order valence-corrected chi connectivity index (χ1v) is 6.38. The zero-order valence-corrected chi connectivity index (χ0v) is 11.4. The van der Waals surface area contributed by atoms with Gasteiger partial charge in [-0.15, -0.1) is 0 Å². The second-order valence-electron chi connectivity index (χ2n) is 4.05. The van der Waals surface area contributed by atoms with Crippen molar-refractivity contribution in [2.24, 2.45) is 10.9 Å². The average Bonchev–Trinajstić information content (AvgIpc) is 2.49. The van der Waals surface area contributed by atoms with E-state index in [0.717, 1.165) is 5.69 Å². The number of nitrogens with two attached hydrogens (primary N) is 1. The largest absolute Gasteiger partial charge is 0.492 e. The van der Waals surface area contributed by atoms with Gasteiger partial charge in [0, 0.05) is 23.9 Å². The first kappa shape index (κ1) is 14.1. The van der Waals surface area contributed by atoms with Crippen LogP contribution in [-0.2, 0) is 6.42 Å². The molecule has 5 nitrogen and oxygen atoms in total. The van der Waals surface area contributed by atoms with Crippen LogP contribution in [0.2, 0.25) is 5.02 Å². The highest BCUT2D eigenvalue weighted by atomic mass is 35.5. The molecular weight excluding hydrogens is 278 g/mol. The van der Waals surface area contributed by atoms with Crippen molar-refractivity contribution in [3.8, 4) is 5.75 Å². The Morgan fingerprint density at radius 1 is 1.35 bits per heavy atom. The summed E-state index contributed by atoms with van der Waals surface area (Å²) in [5.41, 5.74) is 6.97. The Bertz CT molecular complexity index is 603. The molecule has 104 valence electrons. The van der Waals surface area contributed by atoms with Gasteiger partial charge in [-0.3, -0.25) is 4.98 Å². The van der Waals surface area contributed by atoms with Crippen molar-refractivity contribution in [1.29, 1.82) is 0 Å². The number of nitrogens with zero attached hydrogens (tertiary/aromatic N) is 2. The van der Waals surface area contributed by atoms with Crippen LogP contribution in [0, 0.1) is 0 Å². The fourth-order valence-corrected chi connectivity index (χ4v) is 1.88. The van der Waals surface area contributed by atoms with Gasteiger partial charge in [-0.25, -0.2) is 0 Å². The van der Waals surface area contributed by atoms with E-state index in [-0.39, 0.29) is 5.84 Å². The fourth-order valence-electron chi connectivity index (χ4n) is 1.65. The average molecular weight is 292 g/mol. The molecule has 1 heterocycles. The molecule has 6 heteroatoms. The predicted molar refractivity (Wildman–Crippen MR) is 77.4 cm³/mol. The summed E-state index contributed by atoms with van der Waals surface area (Å²) in [4.78, 5) is 4.21. The Hall–Kier alpha value is -2.27. The number of amidine groups is 1. The van der Waals surface area contributed by atoms with E-state index in [4.69, 9.17) is 27.3 Å². The number of ether oxygens (including phenoxy) is 1. The molecule has 2 rings (SSSR count). The van der Waals surface area contributed by atoms with Crippen molar-refractivity contribution in [2.75, 3.05) is 6.61 Å².